The molecule has 100 valence electrons. The molecule has 0 aromatic carbocycles. The highest BCUT2D eigenvalue weighted by molar-refractivity contribution is 4.87. The number of piperidine rings is 1. The van der Waals surface area contributed by atoms with Gasteiger partial charge in [-0.15, -0.1) is 0 Å². The maximum atomic E-state index is 3.73. The van der Waals surface area contributed by atoms with Crippen LogP contribution in [0.25, 0.3) is 0 Å². The molecule has 1 saturated heterocycles. The van der Waals surface area contributed by atoms with E-state index >= 15 is 0 Å². The van der Waals surface area contributed by atoms with Crippen LogP contribution in [0.15, 0.2) is 0 Å². The highest BCUT2D eigenvalue weighted by atomic mass is 15.2. The van der Waals surface area contributed by atoms with Crippen LogP contribution in [-0.4, -0.2) is 36.1 Å². The third-order valence-corrected chi connectivity index (χ3v) is 4.48. The van der Waals surface area contributed by atoms with E-state index < -0.39 is 0 Å². The molecule has 1 saturated carbocycles. The van der Waals surface area contributed by atoms with E-state index in [-0.39, 0.29) is 0 Å². The molecule has 3 unspecified atom stereocenters. The van der Waals surface area contributed by atoms with Crippen molar-refractivity contribution >= 4 is 0 Å². The normalized spacial score (nSPS) is 32.6. The van der Waals surface area contributed by atoms with E-state index in [1.54, 1.807) is 0 Å². The molecule has 3 atom stereocenters. The first-order valence-electron chi connectivity index (χ1n) is 7.69. The molecule has 2 rings (SSSR count). The van der Waals surface area contributed by atoms with Crippen LogP contribution in [0.1, 0.15) is 59.3 Å². The predicted molar refractivity (Wildman–Crippen MR) is 74.3 cm³/mol. The Morgan fingerprint density at radius 2 is 1.94 bits per heavy atom. The van der Waals surface area contributed by atoms with Crippen molar-refractivity contribution in [3.8, 4) is 0 Å². The predicted octanol–water partition coefficient (Wildman–Crippen LogP) is 3.03. The Kier molecular flexibility index (Phi) is 4.87. The first-order chi connectivity index (χ1) is 8.20. The lowest BCUT2D eigenvalue weighted by Gasteiger charge is -2.42. The molecule has 1 heterocycles. The number of rotatable bonds is 6. The highest BCUT2D eigenvalue weighted by Crippen LogP contribution is 2.25. The minimum absolute atomic E-state index is 0.776. The van der Waals surface area contributed by atoms with E-state index in [2.05, 4.69) is 31.0 Å². The first-order valence-corrected chi connectivity index (χ1v) is 7.69. The van der Waals surface area contributed by atoms with Gasteiger partial charge in [0, 0.05) is 31.2 Å². The zero-order valence-electron chi connectivity index (χ0n) is 11.9. The number of nitrogens with one attached hydrogen (secondary N) is 1. The zero-order valence-corrected chi connectivity index (χ0v) is 11.9. The fourth-order valence-corrected chi connectivity index (χ4v) is 3.14. The van der Waals surface area contributed by atoms with Crippen LogP contribution in [0.5, 0.6) is 0 Å². The maximum absolute atomic E-state index is 3.73. The summed E-state index contributed by atoms with van der Waals surface area (Å²) >= 11 is 0. The number of hydrogen-bond acceptors (Lipinski definition) is 2. The molecule has 2 nitrogen and oxygen atoms in total. The molecule has 1 aliphatic heterocycles. The summed E-state index contributed by atoms with van der Waals surface area (Å²) in [5.74, 6) is 0.895. The summed E-state index contributed by atoms with van der Waals surface area (Å²) in [5.41, 5.74) is 0. The van der Waals surface area contributed by atoms with Crippen LogP contribution in [0.3, 0.4) is 0 Å². The molecule has 2 aliphatic rings. The number of hydrogen-bond donors (Lipinski definition) is 1. The second kappa shape index (κ2) is 6.19. The summed E-state index contributed by atoms with van der Waals surface area (Å²) in [5, 5.41) is 3.73. The van der Waals surface area contributed by atoms with Crippen molar-refractivity contribution < 1.29 is 0 Å². The number of nitrogens with zero attached hydrogens (tertiary/aromatic N) is 1. The van der Waals surface area contributed by atoms with Gasteiger partial charge in [0.05, 0.1) is 0 Å². The SMILES string of the molecule is CCCC(CNC1CC1)N1CC(C)CCC1C. The van der Waals surface area contributed by atoms with Gasteiger partial charge in [0.2, 0.25) is 0 Å². The third-order valence-electron chi connectivity index (χ3n) is 4.48. The third kappa shape index (κ3) is 3.96. The van der Waals surface area contributed by atoms with Crippen LogP contribution in [0, 0.1) is 5.92 Å². The minimum atomic E-state index is 0.776. The largest absolute Gasteiger partial charge is 0.312 e. The van der Waals surface area contributed by atoms with E-state index in [0.717, 1.165) is 24.0 Å². The molecule has 0 amide bonds. The molecule has 0 aromatic heterocycles. The van der Waals surface area contributed by atoms with Crippen LogP contribution < -0.4 is 5.32 Å². The van der Waals surface area contributed by atoms with E-state index in [1.807, 2.05) is 0 Å². The quantitative estimate of drug-likeness (QED) is 0.765. The van der Waals surface area contributed by atoms with Crippen LogP contribution >= 0.6 is 0 Å². The Morgan fingerprint density at radius 1 is 1.18 bits per heavy atom. The molecule has 0 aromatic rings. The van der Waals surface area contributed by atoms with Gasteiger partial charge in [-0.05, 0) is 44.9 Å². The molecule has 0 bridgehead atoms. The van der Waals surface area contributed by atoms with Gasteiger partial charge < -0.3 is 5.32 Å². The van der Waals surface area contributed by atoms with Crippen molar-refractivity contribution in [3.63, 3.8) is 0 Å². The Morgan fingerprint density at radius 3 is 2.59 bits per heavy atom. The van der Waals surface area contributed by atoms with Crippen LogP contribution in [0.4, 0.5) is 0 Å². The molecule has 2 fully saturated rings. The van der Waals surface area contributed by atoms with Crippen LogP contribution in [-0.2, 0) is 0 Å². The van der Waals surface area contributed by atoms with Gasteiger partial charge in [-0.2, -0.15) is 0 Å². The summed E-state index contributed by atoms with van der Waals surface area (Å²) in [6.07, 6.45) is 8.30. The van der Waals surface area contributed by atoms with Crippen LogP contribution in [0.2, 0.25) is 0 Å². The molecule has 1 aliphatic carbocycles. The molecule has 0 spiro atoms. The molecule has 17 heavy (non-hydrogen) atoms. The summed E-state index contributed by atoms with van der Waals surface area (Å²) < 4.78 is 0. The van der Waals surface area contributed by atoms with Crippen molar-refractivity contribution in [2.24, 2.45) is 5.92 Å². The van der Waals surface area contributed by atoms with E-state index in [9.17, 15) is 0 Å². The monoisotopic (exact) mass is 238 g/mol. The summed E-state index contributed by atoms with van der Waals surface area (Å²) in [6, 6.07) is 2.42. The average Bonchev–Trinajstić information content (AvgIpc) is 3.12. The Hall–Kier alpha value is -0.0800. The van der Waals surface area contributed by atoms with E-state index in [0.29, 0.717) is 0 Å². The molecule has 2 heteroatoms. The van der Waals surface area contributed by atoms with Gasteiger partial charge in [-0.3, -0.25) is 4.90 Å². The summed E-state index contributed by atoms with van der Waals surface area (Å²) in [6.45, 7) is 9.69. The Balaban J connectivity index is 1.86. The highest BCUT2D eigenvalue weighted by Gasteiger charge is 2.30. The lowest BCUT2D eigenvalue weighted by atomic mass is 9.92. The zero-order chi connectivity index (χ0) is 12.3. The second-order valence-corrected chi connectivity index (χ2v) is 6.35. The van der Waals surface area contributed by atoms with E-state index in [1.165, 1.54) is 51.6 Å². The Labute approximate surface area is 107 Å². The number of likely N-dealkylation sites (tertiary alicyclic amines) is 1. The average molecular weight is 238 g/mol. The van der Waals surface area contributed by atoms with Gasteiger partial charge >= 0.3 is 0 Å². The van der Waals surface area contributed by atoms with Crippen molar-refractivity contribution in [2.45, 2.75) is 77.4 Å². The van der Waals surface area contributed by atoms with Gasteiger partial charge in [-0.1, -0.05) is 20.3 Å². The Bertz CT molecular complexity index is 225. The van der Waals surface area contributed by atoms with Crippen molar-refractivity contribution in [1.29, 1.82) is 0 Å². The minimum Gasteiger partial charge on any atom is -0.312 e. The second-order valence-electron chi connectivity index (χ2n) is 6.35. The van der Waals surface area contributed by atoms with Gasteiger partial charge in [-0.25, -0.2) is 0 Å². The lowest BCUT2D eigenvalue weighted by Crippen LogP contribution is -2.51. The first kappa shape index (κ1) is 13.4. The van der Waals surface area contributed by atoms with Gasteiger partial charge in [0.15, 0.2) is 0 Å². The van der Waals surface area contributed by atoms with Crippen molar-refractivity contribution in [2.75, 3.05) is 13.1 Å². The standard InChI is InChI=1S/C15H30N2/c1-4-5-15(10-16-14-8-9-14)17-11-12(2)6-7-13(17)3/h12-16H,4-11H2,1-3H3. The summed E-state index contributed by atoms with van der Waals surface area (Å²) in [4.78, 5) is 2.78. The topological polar surface area (TPSA) is 15.3 Å². The fraction of sp³-hybridized carbons (Fsp3) is 1.00. The van der Waals surface area contributed by atoms with Gasteiger partial charge in [0.25, 0.3) is 0 Å². The lowest BCUT2D eigenvalue weighted by molar-refractivity contribution is 0.0712. The molecular weight excluding hydrogens is 208 g/mol. The molecule has 0 radical (unpaired) electrons. The van der Waals surface area contributed by atoms with Gasteiger partial charge in [0.1, 0.15) is 0 Å². The molecular formula is C15H30N2. The smallest absolute Gasteiger partial charge is 0.0223 e. The van der Waals surface area contributed by atoms with E-state index in [4.69, 9.17) is 0 Å². The maximum Gasteiger partial charge on any atom is 0.0223 e. The van der Waals surface area contributed by atoms with Crippen molar-refractivity contribution in [1.82, 2.24) is 10.2 Å². The molecule has 1 N–H and O–H groups in total. The fourth-order valence-electron chi connectivity index (χ4n) is 3.14. The summed E-state index contributed by atoms with van der Waals surface area (Å²) in [7, 11) is 0. The van der Waals surface area contributed by atoms with Crippen molar-refractivity contribution in [3.05, 3.63) is 0 Å².